The Bertz CT molecular complexity index is 895. The molecule has 0 bridgehead atoms. The summed E-state index contributed by atoms with van der Waals surface area (Å²) in [6, 6.07) is 9.71. The molecule has 2 aromatic carbocycles. The van der Waals surface area contributed by atoms with Crippen molar-refractivity contribution in [1.82, 2.24) is 5.48 Å². The van der Waals surface area contributed by atoms with Crippen LogP contribution in [0.3, 0.4) is 0 Å². The minimum absolute atomic E-state index is 0.262. The lowest BCUT2D eigenvalue weighted by molar-refractivity contribution is -0.124. The molecule has 2 rings (SSSR count). The summed E-state index contributed by atoms with van der Waals surface area (Å²) < 4.78 is 43.6. The van der Waals surface area contributed by atoms with Crippen molar-refractivity contribution >= 4 is 27.7 Å². The number of hydrogen-bond donors (Lipinski definition) is 3. The number of rotatable bonds is 6. The topological polar surface area (TPSA) is 105 Å². The van der Waals surface area contributed by atoms with Gasteiger partial charge >= 0.3 is 0 Å². The summed E-state index contributed by atoms with van der Waals surface area (Å²) in [7, 11) is -3.48. The highest BCUT2D eigenvalue weighted by Gasteiger charge is 2.08. The summed E-state index contributed by atoms with van der Waals surface area (Å²) in [5, 5.41) is 8.54. The first kappa shape index (κ1) is 18.4. The molecule has 0 aliphatic rings. The van der Waals surface area contributed by atoms with Gasteiger partial charge in [-0.25, -0.2) is 18.3 Å². The second-order valence-electron chi connectivity index (χ2n) is 4.99. The summed E-state index contributed by atoms with van der Waals surface area (Å²) in [6.07, 6.45) is 3.37. The summed E-state index contributed by atoms with van der Waals surface area (Å²) in [4.78, 5) is 11.2. The van der Waals surface area contributed by atoms with Crippen molar-refractivity contribution in [1.29, 1.82) is 0 Å². The van der Waals surface area contributed by atoms with Gasteiger partial charge in [0.25, 0.3) is 5.91 Å². The van der Waals surface area contributed by atoms with E-state index in [0.717, 1.165) is 12.3 Å². The number of carbonyl (C=O) groups excluding carboxylic acids is 1. The summed E-state index contributed by atoms with van der Waals surface area (Å²) in [5.41, 5.74) is 2.07. The van der Waals surface area contributed by atoms with E-state index in [-0.39, 0.29) is 5.69 Å². The fourth-order valence-corrected chi connectivity index (χ4v) is 2.44. The molecule has 0 unspecified atom stereocenters. The number of hydrogen-bond acceptors (Lipinski definition) is 5. The zero-order chi connectivity index (χ0) is 18.4. The lowest BCUT2D eigenvalue weighted by Gasteiger charge is -2.11. The molecule has 132 valence electrons. The zero-order valence-corrected chi connectivity index (χ0v) is 13.9. The molecule has 0 fully saturated rings. The Morgan fingerprint density at radius 2 is 1.88 bits per heavy atom. The van der Waals surface area contributed by atoms with E-state index in [2.05, 4.69) is 4.72 Å². The van der Waals surface area contributed by atoms with Crippen molar-refractivity contribution in [2.24, 2.45) is 0 Å². The highest BCUT2D eigenvalue weighted by molar-refractivity contribution is 7.92. The maximum absolute atomic E-state index is 13.0. The maximum atomic E-state index is 13.0. The van der Waals surface area contributed by atoms with E-state index in [1.807, 2.05) is 0 Å². The summed E-state index contributed by atoms with van der Waals surface area (Å²) in [6.45, 7) is 0. The maximum Gasteiger partial charge on any atom is 0.267 e. The van der Waals surface area contributed by atoms with Crippen LogP contribution >= 0.6 is 0 Å². The zero-order valence-electron chi connectivity index (χ0n) is 13.1. The van der Waals surface area contributed by atoms with Gasteiger partial charge < -0.3 is 4.74 Å². The average Bonchev–Trinajstić information content (AvgIpc) is 2.55. The van der Waals surface area contributed by atoms with Crippen LogP contribution in [-0.2, 0) is 14.8 Å². The van der Waals surface area contributed by atoms with Crippen LogP contribution in [0.5, 0.6) is 11.5 Å². The van der Waals surface area contributed by atoms with Gasteiger partial charge in [0.05, 0.1) is 6.26 Å². The van der Waals surface area contributed by atoms with Gasteiger partial charge in [-0.1, -0.05) is 0 Å². The third-order valence-corrected chi connectivity index (χ3v) is 3.49. The predicted octanol–water partition coefficient (Wildman–Crippen LogP) is 2.51. The van der Waals surface area contributed by atoms with Crippen molar-refractivity contribution in [2.75, 3.05) is 11.0 Å². The minimum atomic E-state index is -3.48. The van der Waals surface area contributed by atoms with Crippen molar-refractivity contribution < 1.29 is 27.5 Å². The third kappa shape index (κ3) is 5.90. The van der Waals surface area contributed by atoms with Gasteiger partial charge in [-0.15, -0.1) is 0 Å². The number of ether oxygens (including phenoxy) is 1. The molecule has 2 aromatic rings. The Morgan fingerprint density at radius 3 is 2.48 bits per heavy atom. The van der Waals surface area contributed by atoms with Crippen LogP contribution in [0.15, 0.2) is 48.5 Å². The van der Waals surface area contributed by atoms with Crippen LogP contribution in [0.1, 0.15) is 5.56 Å². The Balaban J connectivity index is 2.37. The molecule has 0 atom stereocenters. The van der Waals surface area contributed by atoms with E-state index < -0.39 is 21.7 Å². The molecular weight excluding hydrogens is 351 g/mol. The Labute approximate surface area is 143 Å². The molecule has 0 aromatic heterocycles. The van der Waals surface area contributed by atoms with Crippen LogP contribution in [0.4, 0.5) is 10.1 Å². The number of hydroxylamine groups is 1. The monoisotopic (exact) mass is 366 g/mol. The summed E-state index contributed by atoms with van der Waals surface area (Å²) >= 11 is 0. The van der Waals surface area contributed by atoms with Gasteiger partial charge in [0.15, 0.2) is 0 Å². The third-order valence-electron chi connectivity index (χ3n) is 2.88. The van der Waals surface area contributed by atoms with Gasteiger partial charge in [0, 0.05) is 17.3 Å². The molecule has 0 saturated carbocycles. The normalized spacial score (nSPS) is 11.3. The Kier molecular flexibility index (Phi) is 5.73. The molecule has 0 spiro atoms. The lowest BCUT2D eigenvalue weighted by Crippen LogP contribution is -2.14. The number of halogens is 1. The molecule has 0 saturated heterocycles. The first-order valence-corrected chi connectivity index (χ1v) is 8.83. The summed E-state index contributed by atoms with van der Waals surface area (Å²) in [5.74, 6) is -0.534. The molecule has 9 heteroatoms. The molecule has 3 N–H and O–H groups in total. The van der Waals surface area contributed by atoms with E-state index in [1.54, 1.807) is 0 Å². The van der Waals surface area contributed by atoms with E-state index >= 15 is 0 Å². The first-order chi connectivity index (χ1) is 11.8. The van der Waals surface area contributed by atoms with E-state index in [9.17, 15) is 17.6 Å². The van der Waals surface area contributed by atoms with Crippen molar-refractivity contribution in [3.05, 3.63) is 59.9 Å². The smallest absolute Gasteiger partial charge is 0.267 e. The fourth-order valence-electron chi connectivity index (χ4n) is 1.88. The number of amides is 1. The van der Waals surface area contributed by atoms with Crippen molar-refractivity contribution in [3.63, 3.8) is 0 Å². The molecule has 25 heavy (non-hydrogen) atoms. The fraction of sp³-hybridized carbons (Fsp3) is 0.0625. The second-order valence-corrected chi connectivity index (χ2v) is 6.74. The molecule has 0 heterocycles. The number of anilines is 1. The average molecular weight is 366 g/mol. The van der Waals surface area contributed by atoms with E-state index in [1.165, 1.54) is 54.0 Å². The molecule has 0 aliphatic carbocycles. The molecule has 7 nitrogen and oxygen atoms in total. The van der Waals surface area contributed by atoms with Gasteiger partial charge in [-0.05, 0) is 48.5 Å². The quantitative estimate of drug-likeness (QED) is 0.414. The Morgan fingerprint density at radius 1 is 1.20 bits per heavy atom. The van der Waals surface area contributed by atoms with Crippen molar-refractivity contribution in [2.45, 2.75) is 0 Å². The molecule has 0 radical (unpaired) electrons. The second kappa shape index (κ2) is 7.77. The largest absolute Gasteiger partial charge is 0.457 e. The molecule has 1 amide bonds. The van der Waals surface area contributed by atoms with Gasteiger partial charge in [0.1, 0.15) is 17.3 Å². The van der Waals surface area contributed by atoms with Crippen LogP contribution in [0, 0.1) is 5.82 Å². The highest BCUT2D eigenvalue weighted by atomic mass is 32.2. The van der Waals surface area contributed by atoms with Gasteiger partial charge in [0.2, 0.25) is 10.0 Å². The number of benzene rings is 2. The number of nitrogens with one attached hydrogen (secondary N) is 2. The molecular formula is C16H15FN2O5S. The standard InChI is InChI=1S/C16H15FN2O5S/c1-25(22,23)19-13-5-8-15(11(10-13)2-9-16(20)18-21)24-14-6-3-12(17)4-7-14/h2-10,19,21H,1H3,(H,18,20)/b9-2+. The van der Waals surface area contributed by atoms with Gasteiger partial charge in [-0.3, -0.25) is 14.7 Å². The van der Waals surface area contributed by atoms with Crippen LogP contribution < -0.4 is 14.9 Å². The van der Waals surface area contributed by atoms with Crippen LogP contribution in [-0.4, -0.2) is 25.8 Å². The predicted molar refractivity (Wildman–Crippen MR) is 90.3 cm³/mol. The Hall–Kier alpha value is -2.91. The number of sulfonamides is 1. The number of carbonyl (C=O) groups is 1. The molecule has 0 aliphatic heterocycles. The lowest BCUT2D eigenvalue weighted by atomic mass is 10.1. The van der Waals surface area contributed by atoms with Crippen LogP contribution in [0.25, 0.3) is 6.08 Å². The van der Waals surface area contributed by atoms with Crippen LogP contribution in [0.2, 0.25) is 0 Å². The van der Waals surface area contributed by atoms with E-state index in [4.69, 9.17) is 9.94 Å². The van der Waals surface area contributed by atoms with Gasteiger partial charge in [-0.2, -0.15) is 0 Å². The van der Waals surface area contributed by atoms with Crippen molar-refractivity contribution in [3.8, 4) is 11.5 Å². The van der Waals surface area contributed by atoms with E-state index in [0.29, 0.717) is 17.1 Å². The highest BCUT2D eigenvalue weighted by Crippen LogP contribution is 2.29. The minimum Gasteiger partial charge on any atom is -0.457 e. The SMILES string of the molecule is CS(=O)(=O)Nc1ccc(Oc2ccc(F)cc2)c(/C=C/C(=O)NO)c1. The first-order valence-electron chi connectivity index (χ1n) is 6.94.